The minimum Gasteiger partial charge on any atom is -0.365 e. The lowest BCUT2D eigenvalue weighted by Crippen LogP contribution is -2.22. The largest absolute Gasteiger partial charge is 0.365 e. The van der Waals surface area contributed by atoms with Gasteiger partial charge in [0.05, 0.1) is 4.92 Å². The van der Waals surface area contributed by atoms with Crippen molar-refractivity contribution in [3.05, 3.63) is 31.3 Å². The molecule has 0 aromatic heterocycles. The van der Waals surface area contributed by atoms with Gasteiger partial charge in [-0.2, -0.15) is 0 Å². The molecule has 1 aromatic carbocycles. The van der Waals surface area contributed by atoms with E-state index in [2.05, 4.69) is 34.7 Å². The van der Waals surface area contributed by atoms with E-state index >= 15 is 0 Å². The molecule has 110 valence electrons. The van der Waals surface area contributed by atoms with E-state index in [4.69, 9.17) is 0 Å². The molecule has 2 rings (SSSR count). The average Bonchev–Trinajstić information content (AvgIpc) is 2.80. The van der Waals surface area contributed by atoms with Gasteiger partial charge in [-0.15, -0.1) is 0 Å². The highest BCUT2D eigenvalue weighted by molar-refractivity contribution is 9.10. The van der Waals surface area contributed by atoms with Crippen LogP contribution < -0.4 is 4.90 Å². The van der Waals surface area contributed by atoms with Crippen molar-refractivity contribution in [3.8, 4) is 0 Å². The molecule has 0 amide bonds. The first-order chi connectivity index (χ1) is 9.49. The van der Waals surface area contributed by atoms with Crippen molar-refractivity contribution in [2.24, 2.45) is 0 Å². The Kier molecular flexibility index (Phi) is 4.68. The highest BCUT2D eigenvalue weighted by atomic mass is 79.9. The van der Waals surface area contributed by atoms with E-state index in [-0.39, 0.29) is 10.6 Å². The molecule has 5 heteroatoms. The minimum absolute atomic E-state index is 0.226. The number of rotatable bonds is 5. The van der Waals surface area contributed by atoms with Crippen molar-refractivity contribution in [1.29, 1.82) is 0 Å². The van der Waals surface area contributed by atoms with Crippen LogP contribution in [0.3, 0.4) is 0 Å². The highest BCUT2D eigenvalue weighted by Crippen LogP contribution is 2.45. The number of hydrogen-bond acceptors (Lipinski definition) is 3. The molecule has 4 nitrogen and oxygen atoms in total. The zero-order chi connectivity index (χ0) is 14.9. The summed E-state index contributed by atoms with van der Waals surface area (Å²) in [6.45, 7) is 7.87. The fourth-order valence-electron chi connectivity index (χ4n) is 3.02. The molecule has 0 fully saturated rings. The molecule has 0 unspecified atom stereocenters. The molecule has 0 N–H and O–H groups in total. The van der Waals surface area contributed by atoms with E-state index in [0.717, 1.165) is 52.8 Å². The van der Waals surface area contributed by atoms with Crippen molar-refractivity contribution in [1.82, 2.24) is 0 Å². The van der Waals surface area contributed by atoms with E-state index in [9.17, 15) is 10.1 Å². The highest BCUT2D eigenvalue weighted by Gasteiger charge is 2.33. The quantitative estimate of drug-likeness (QED) is 0.449. The van der Waals surface area contributed by atoms with Crippen LogP contribution in [0.15, 0.2) is 4.47 Å². The zero-order valence-electron chi connectivity index (χ0n) is 12.3. The van der Waals surface area contributed by atoms with Gasteiger partial charge >= 0.3 is 0 Å². The van der Waals surface area contributed by atoms with Crippen LogP contribution in [0.5, 0.6) is 0 Å². The summed E-state index contributed by atoms with van der Waals surface area (Å²) in [6, 6.07) is 0. The molecule has 1 aliphatic heterocycles. The molecule has 1 aliphatic rings. The molecule has 0 spiro atoms. The summed E-state index contributed by atoms with van der Waals surface area (Å²) in [4.78, 5) is 13.5. The SMILES string of the molecule is CCCCCN1CCc2c(C)c(Br)c(C)c([N+](=O)[O-])c21. The van der Waals surface area contributed by atoms with Crippen LogP contribution in [0.25, 0.3) is 0 Å². The number of unbranched alkanes of at least 4 members (excludes halogenated alkanes) is 2. The summed E-state index contributed by atoms with van der Waals surface area (Å²) < 4.78 is 0.887. The first-order valence-corrected chi connectivity index (χ1v) is 7.99. The van der Waals surface area contributed by atoms with Gasteiger partial charge in [-0.3, -0.25) is 10.1 Å². The third-order valence-electron chi connectivity index (χ3n) is 4.14. The van der Waals surface area contributed by atoms with Crippen LogP contribution in [-0.4, -0.2) is 18.0 Å². The molecule has 1 heterocycles. The van der Waals surface area contributed by atoms with E-state index < -0.39 is 0 Å². The molecule has 20 heavy (non-hydrogen) atoms. The fraction of sp³-hybridized carbons (Fsp3) is 0.600. The number of nitro benzene ring substituents is 1. The summed E-state index contributed by atoms with van der Waals surface area (Å²) in [5, 5.41) is 11.5. The standard InChI is InChI=1S/C15H21BrN2O2/c1-4-5-6-8-17-9-7-12-10(2)13(16)11(3)14(15(12)17)18(19)20/h4-9H2,1-3H3. The number of fused-ring (bicyclic) bond motifs is 1. The molecular formula is C15H21BrN2O2. The predicted octanol–water partition coefficient (Wildman–Crippen LogP) is 4.53. The van der Waals surface area contributed by atoms with E-state index in [1.807, 2.05) is 6.92 Å². The smallest absolute Gasteiger partial charge is 0.296 e. The number of halogens is 1. The third-order valence-corrected chi connectivity index (χ3v) is 5.33. The lowest BCUT2D eigenvalue weighted by molar-refractivity contribution is -0.384. The van der Waals surface area contributed by atoms with E-state index in [0.29, 0.717) is 0 Å². The Hall–Kier alpha value is -1.10. The maximum absolute atomic E-state index is 11.5. The molecule has 0 aliphatic carbocycles. The second-order valence-corrected chi connectivity index (χ2v) is 6.23. The lowest BCUT2D eigenvalue weighted by Gasteiger charge is -2.21. The van der Waals surface area contributed by atoms with Gasteiger partial charge in [0.2, 0.25) is 0 Å². The van der Waals surface area contributed by atoms with E-state index in [1.54, 1.807) is 0 Å². The molecule has 0 saturated heterocycles. The van der Waals surface area contributed by atoms with Gasteiger partial charge in [-0.1, -0.05) is 19.8 Å². The Morgan fingerprint density at radius 1 is 1.30 bits per heavy atom. The van der Waals surface area contributed by atoms with Gasteiger partial charge in [-0.25, -0.2) is 0 Å². The van der Waals surface area contributed by atoms with Crippen molar-refractivity contribution in [3.63, 3.8) is 0 Å². The molecule has 0 radical (unpaired) electrons. The number of hydrogen-bond donors (Lipinski definition) is 0. The van der Waals surface area contributed by atoms with Gasteiger partial charge in [0.15, 0.2) is 0 Å². The van der Waals surface area contributed by atoms with Gasteiger partial charge < -0.3 is 4.90 Å². The van der Waals surface area contributed by atoms with Crippen LogP contribution in [-0.2, 0) is 6.42 Å². The number of anilines is 1. The second kappa shape index (κ2) is 6.12. The van der Waals surface area contributed by atoms with Crippen molar-refractivity contribution >= 4 is 27.3 Å². The van der Waals surface area contributed by atoms with Crippen molar-refractivity contribution in [2.75, 3.05) is 18.0 Å². The van der Waals surface area contributed by atoms with Crippen LogP contribution in [0, 0.1) is 24.0 Å². The molecule has 0 bridgehead atoms. The molecule has 1 aromatic rings. The fourth-order valence-corrected chi connectivity index (χ4v) is 3.45. The third kappa shape index (κ3) is 2.55. The first kappa shape index (κ1) is 15.3. The minimum atomic E-state index is -0.226. The summed E-state index contributed by atoms with van der Waals surface area (Å²) in [5.74, 6) is 0. The van der Waals surface area contributed by atoms with Crippen LogP contribution in [0.1, 0.15) is 42.9 Å². The molecule has 0 saturated carbocycles. The predicted molar refractivity (Wildman–Crippen MR) is 85.7 cm³/mol. The Morgan fingerprint density at radius 2 is 2.00 bits per heavy atom. The summed E-state index contributed by atoms with van der Waals surface area (Å²) >= 11 is 3.51. The van der Waals surface area contributed by atoms with Gasteiger partial charge in [0.25, 0.3) is 5.69 Å². The normalized spacial score (nSPS) is 13.7. The maximum Gasteiger partial charge on any atom is 0.296 e. The number of benzene rings is 1. The second-order valence-electron chi connectivity index (χ2n) is 5.44. The first-order valence-electron chi connectivity index (χ1n) is 7.19. The van der Waals surface area contributed by atoms with Crippen molar-refractivity contribution < 1.29 is 4.92 Å². The monoisotopic (exact) mass is 340 g/mol. The number of nitrogens with zero attached hydrogens (tertiary/aromatic N) is 2. The summed E-state index contributed by atoms with van der Waals surface area (Å²) in [6.07, 6.45) is 4.35. The van der Waals surface area contributed by atoms with E-state index in [1.165, 1.54) is 12.8 Å². The Labute approximate surface area is 128 Å². The van der Waals surface area contributed by atoms with Crippen LogP contribution in [0.4, 0.5) is 11.4 Å². The molecular weight excluding hydrogens is 320 g/mol. The maximum atomic E-state index is 11.5. The van der Waals surface area contributed by atoms with Gasteiger partial charge in [-0.05, 0) is 53.7 Å². The Balaban J connectivity index is 2.47. The Morgan fingerprint density at radius 3 is 2.60 bits per heavy atom. The average molecular weight is 341 g/mol. The lowest BCUT2D eigenvalue weighted by atomic mass is 10.0. The summed E-state index contributed by atoms with van der Waals surface area (Å²) in [5.41, 5.74) is 4.19. The van der Waals surface area contributed by atoms with Crippen molar-refractivity contribution in [2.45, 2.75) is 46.5 Å². The van der Waals surface area contributed by atoms with Crippen LogP contribution >= 0.6 is 15.9 Å². The number of nitro groups is 1. The van der Waals surface area contributed by atoms with Crippen LogP contribution in [0.2, 0.25) is 0 Å². The summed E-state index contributed by atoms with van der Waals surface area (Å²) in [7, 11) is 0. The van der Waals surface area contributed by atoms with Gasteiger partial charge in [0.1, 0.15) is 5.69 Å². The zero-order valence-corrected chi connectivity index (χ0v) is 13.9. The van der Waals surface area contributed by atoms with Gasteiger partial charge in [0, 0.05) is 23.1 Å². The Bertz CT molecular complexity index is 543. The topological polar surface area (TPSA) is 46.4 Å². The molecule has 0 atom stereocenters.